The van der Waals surface area contributed by atoms with E-state index in [9.17, 15) is 0 Å². The Labute approximate surface area is 128 Å². The molecular weight excluding hydrogens is 262 g/mol. The van der Waals surface area contributed by atoms with Crippen molar-refractivity contribution in [3.05, 3.63) is 54.2 Å². The van der Waals surface area contributed by atoms with Crippen molar-refractivity contribution >= 4 is 5.82 Å². The molecule has 0 amide bonds. The SMILES string of the molecule is [3H]c1ccc(N(CCN(C)C)Cc2ccc(OC)cc2)nc1. The van der Waals surface area contributed by atoms with Gasteiger partial charge in [-0.2, -0.15) is 0 Å². The zero-order chi connectivity index (χ0) is 15.9. The van der Waals surface area contributed by atoms with Crippen LogP contribution in [0.2, 0.25) is 0 Å². The summed E-state index contributed by atoms with van der Waals surface area (Å²) in [6.45, 7) is 2.60. The molecular formula is C17H23N3O. The number of methoxy groups -OCH3 is 1. The van der Waals surface area contributed by atoms with Crippen LogP contribution in [0.5, 0.6) is 5.75 Å². The number of likely N-dealkylation sites (N-methyl/N-ethyl adjacent to an activating group) is 1. The molecule has 0 N–H and O–H groups in total. The van der Waals surface area contributed by atoms with Gasteiger partial charge >= 0.3 is 0 Å². The maximum absolute atomic E-state index is 7.57. The number of hydrogen-bond acceptors (Lipinski definition) is 4. The van der Waals surface area contributed by atoms with Crippen molar-refractivity contribution in [3.63, 3.8) is 0 Å². The molecule has 21 heavy (non-hydrogen) atoms. The lowest BCUT2D eigenvalue weighted by Crippen LogP contribution is -2.31. The third-order valence-electron chi connectivity index (χ3n) is 3.27. The van der Waals surface area contributed by atoms with E-state index in [0.29, 0.717) is 6.04 Å². The maximum atomic E-state index is 7.57. The van der Waals surface area contributed by atoms with E-state index >= 15 is 0 Å². The summed E-state index contributed by atoms with van der Waals surface area (Å²) in [5.41, 5.74) is 1.20. The highest BCUT2D eigenvalue weighted by atomic mass is 16.5. The zero-order valence-corrected chi connectivity index (χ0v) is 12.9. The molecule has 2 rings (SSSR count). The number of pyridine rings is 1. The van der Waals surface area contributed by atoms with Gasteiger partial charge in [0, 0.05) is 25.8 Å². The van der Waals surface area contributed by atoms with Gasteiger partial charge in [0.05, 0.1) is 8.48 Å². The van der Waals surface area contributed by atoms with Crippen LogP contribution in [-0.4, -0.2) is 44.2 Å². The second-order valence-corrected chi connectivity index (χ2v) is 5.19. The van der Waals surface area contributed by atoms with Crippen LogP contribution in [0.25, 0.3) is 0 Å². The first kappa shape index (κ1) is 13.9. The second kappa shape index (κ2) is 7.64. The molecule has 0 bridgehead atoms. The minimum Gasteiger partial charge on any atom is -0.497 e. The van der Waals surface area contributed by atoms with E-state index < -0.39 is 0 Å². The maximum Gasteiger partial charge on any atom is 0.128 e. The predicted octanol–water partition coefficient (Wildman–Crippen LogP) is 2.66. The molecule has 0 spiro atoms. The number of anilines is 1. The highest BCUT2D eigenvalue weighted by molar-refractivity contribution is 5.39. The molecule has 0 aliphatic carbocycles. The van der Waals surface area contributed by atoms with Crippen molar-refractivity contribution in [1.82, 2.24) is 9.88 Å². The highest BCUT2D eigenvalue weighted by Gasteiger charge is 2.09. The van der Waals surface area contributed by atoms with Crippen molar-refractivity contribution in [3.8, 4) is 5.75 Å². The Morgan fingerprint density at radius 1 is 1.14 bits per heavy atom. The molecule has 0 saturated carbocycles. The average molecular weight is 287 g/mol. The third-order valence-corrected chi connectivity index (χ3v) is 3.27. The zero-order valence-electron chi connectivity index (χ0n) is 13.9. The quantitative estimate of drug-likeness (QED) is 0.783. The molecule has 112 valence electrons. The molecule has 4 heteroatoms. The van der Waals surface area contributed by atoms with Gasteiger partial charge < -0.3 is 14.5 Å². The number of ether oxygens (including phenoxy) is 1. The Morgan fingerprint density at radius 2 is 1.90 bits per heavy atom. The van der Waals surface area contributed by atoms with Crippen molar-refractivity contribution in [2.24, 2.45) is 0 Å². The molecule has 2 aromatic rings. The fourth-order valence-corrected chi connectivity index (χ4v) is 2.05. The topological polar surface area (TPSA) is 28.6 Å². The van der Waals surface area contributed by atoms with Crippen LogP contribution >= 0.6 is 0 Å². The van der Waals surface area contributed by atoms with Crippen LogP contribution in [0.15, 0.2) is 48.6 Å². The fourth-order valence-electron chi connectivity index (χ4n) is 2.05. The van der Waals surface area contributed by atoms with Gasteiger partial charge in [-0.15, -0.1) is 0 Å². The van der Waals surface area contributed by atoms with Crippen molar-refractivity contribution < 1.29 is 6.11 Å². The first-order valence-corrected chi connectivity index (χ1v) is 7.04. The molecule has 1 heterocycles. The van der Waals surface area contributed by atoms with Gasteiger partial charge in [-0.05, 0) is 43.9 Å². The molecule has 0 aliphatic heterocycles. The van der Waals surface area contributed by atoms with Gasteiger partial charge in [-0.3, -0.25) is 0 Å². The Hall–Kier alpha value is -2.07. The average Bonchev–Trinajstić information content (AvgIpc) is 2.53. The van der Waals surface area contributed by atoms with E-state index in [1.54, 1.807) is 19.4 Å². The smallest absolute Gasteiger partial charge is 0.128 e. The van der Waals surface area contributed by atoms with Crippen molar-refractivity contribution in [2.45, 2.75) is 6.54 Å². The lowest BCUT2D eigenvalue weighted by molar-refractivity contribution is 0.411. The highest BCUT2D eigenvalue weighted by Crippen LogP contribution is 2.16. The van der Waals surface area contributed by atoms with Gasteiger partial charge in [-0.1, -0.05) is 18.2 Å². The van der Waals surface area contributed by atoms with Crippen LogP contribution in [0, 0.1) is 0 Å². The third kappa shape index (κ3) is 4.76. The number of rotatable bonds is 7. The summed E-state index contributed by atoms with van der Waals surface area (Å²) in [7, 11) is 5.79. The van der Waals surface area contributed by atoms with Gasteiger partial charge in [-0.25, -0.2) is 4.98 Å². The van der Waals surface area contributed by atoms with E-state index in [4.69, 9.17) is 6.11 Å². The minimum atomic E-state index is 0.431. The molecule has 0 unspecified atom stereocenters. The van der Waals surface area contributed by atoms with E-state index in [2.05, 4.69) is 41.0 Å². The van der Waals surface area contributed by atoms with Crippen molar-refractivity contribution in [1.29, 1.82) is 0 Å². The Kier molecular flexibility index (Phi) is 5.06. The van der Waals surface area contributed by atoms with Gasteiger partial charge in [0.1, 0.15) is 11.6 Å². The predicted molar refractivity (Wildman–Crippen MR) is 86.8 cm³/mol. The van der Waals surface area contributed by atoms with Crippen molar-refractivity contribution in [2.75, 3.05) is 39.2 Å². The van der Waals surface area contributed by atoms with E-state index in [0.717, 1.165) is 31.2 Å². The molecule has 1 aromatic carbocycles. The second-order valence-electron chi connectivity index (χ2n) is 5.19. The van der Waals surface area contributed by atoms with Crippen LogP contribution in [-0.2, 0) is 6.54 Å². The first-order chi connectivity index (χ1) is 10.6. The fraction of sp³-hybridized carbons (Fsp3) is 0.353. The molecule has 0 aliphatic rings. The lowest BCUT2D eigenvalue weighted by atomic mass is 10.2. The Balaban J connectivity index is 2.13. The summed E-state index contributed by atoms with van der Waals surface area (Å²) in [5, 5.41) is 0. The lowest BCUT2D eigenvalue weighted by Gasteiger charge is -2.25. The monoisotopic (exact) mass is 287 g/mol. The molecule has 0 atom stereocenters. The van der Waals surface area contributed by atoms with Gasteiger partial charge in [0.25, 0.3) is 0 Å². The number of aromatic nitrogens is 1. The molecule has 0 saturated heterocycles. The summed E-state index contributed by atoms with van der Waals surface area (Å²) in [6, 6.07) is 12.2. The number of nitrogens with zero attached hydrogens (tertiary/aromatic N) is 3. The first-order valence-electron chi connectivity index (χ1n) is 7.54. The van der Waals surface area contributed by atoms with Crippen LogP contribution in [0.1, 0.15) is 6.93 Å². The number of hydrogen-bond donors (Lipinski definition) is 0. The summed E-state index contributed by atoms with van der Waals surface area (Å²) in [4.78, 5) is 8.76. The minimum absolute atomic E-state index is 0.431. The summed E-state index contributed by atoms with van der Waals surface area (Å²) >= 11 is 0. The normalized spacial score (nSPS) is 11.3. The largest absolute Gasteiger partial charge is 0.497 e. The van der Waals surface area contributed by atoms with Gasteiger partial charge in [0.2, 0.25) is 0 Å². The van der Waals surface area contributed by atoms with Crippen LogP contribution in [0.4, 0.5) is 5.82 Å². The van der Waals surface area contributed by atoms with E-state index in [1.165, 1.54) is 5.56 Å². The van der Waals surface area contributed by atoms with Gasteiger partial charge in [0.15, 0.2) is 0 Å². The Bertz CT molecular complexity index is 569. The molecule has 0 radical (unpaired) electrons. The van der Waals surface area contributed by atoms with Crippen LogP contribution in [0.3, 0.4) is 0 Å². The summed E-state index contributed by atoms with van der Waals surface area (Å²) in [5.74, 6) is 1.76. The molecule has 1 aromatic heterocycles. The number of benzene rings is 1. The summed E-state index contributed by atoms with van der Waals surface area (Å²) in [6.07, 6.45) is 1.59. The van der Waals surface area contributed by atoms with E-state index in [-0.39, 0.29) is 0 Å². The van der Waals surface area contributed by atoms with Crippen LogP contribution < -0.4 is 9.64 Å². The molecule has 0 fully saturated rings. The standard InChI is InChI=1S/C17H23N3O/c1-19(2)12-13-20(17-6-4-5-11-18-17)14-15-7-9-16(21-3)10-8-15/h4-11H,12-14H2,1-3H3/i5T. The van der Waals surface area contributed by atoms with E-state index in [1.807, 2.05) is 18.2 Å². The Morgan fingerprint density at radius 3 is 2.48 bits per heavy atom. The molecule has 4 nitrogen and oxygen atoms in total. The summed E-state index contributed by atoms with van der Waals surface area (Å²) < 4.78 is 12.8.